The van der Waals surface area contributed by atoms with Crippen LogP contribution in [0, 0.1) is 12.3 Å². The average Bonchev–Trinajstić information content (AvgIpc) is 3.05. The van der Waals surface area contributed by atoms with Crippen LogP contribution in [-0.2, 0) is 0 Å². The van der Waals surface area contributed by atoms with E-state index in [1.165, 1.54) is 0 Å². The zero-order chi connectivity index (χ0) is 18.7. The predicted molar refractivity (Wildman–Crippen MR) is 101 cm³/mol. The lowest BCUT2D eigenvalue weighted by atomic mass is 9.74. The van der Waals surface area contributed by atoms with Crippen LogP contribution in [0.15, 0.2) is 34.7 Å². The van der Waals surface area contributed by atoms with Crippen molar-refractivity contribution in [2.45, 2.75) is 25.9 Å². The molecule has 0 saturated carbocycles. The van der Waals surface area contributed by atoms with Gasteiger partial charge in [0.2, 0.25) is 0 Å². The second-order valence-electron chi connectivity index (χ2n) is 6.76. The molecule has 3 rings (SSSR count). The first-order valence-corrected chi connectivity index (χ1v) is 9.31. The molecular weight excluding hydrogens is 378 g/mol. The number of carbonyl (C=O) groups is 1. The first kappa shape index (κ1) is 19.2. The molecule has 1 amide bonds. The first-order chi connectivity index (χ1) is 12.4. The van der Waals surface area contributed by atoms with Crippen LogP contribution in [0.4, 0.5) is 4.39 Å². The normalized spacial score (nSPS) is 17.7. The van der Waals surface area contributed by atoms with E-state index in [2.05, 4.69) is 10.6 Å². The van der Waals surface area contributed by atoms with Crippen molar-refractivity contribution in [1.82, 2.24) is 10.6 Å². The van der Waals surface area contributed by atoms with E-state index in [1.807, 2.05) is 0 Å². The summed E-state index contributed by atoms with van der Waals surface area (Å²) in [6, 6.07) is 8.07. The molecule has 1 aromatic carbocycles. The quantitative estimate of drug-likeness (QED) is 0.766. The molecule has 1 unspecified atom stereocenters. The number of nitrogens with one attached hydrogen (secondary N) is 2. The van der Waals surface area contributed by atoms with Crippen LogP contribution in [0.25, 0.3) is 0 Å². The van der Waals surface area contributed by atoms with E-state index in [1.54, 1.807) is 37.3 Å². The number of rotatable bonds is 5. The van der Waals surface area contributed by atoms with Crippen LogP contribution in [-0.4, -0.2) is 25.5 Å². The Bertz CT molecular complexity index is 767. The van der Waals surface area contributed by atoms with Gasteiger partial charge in [-0.05, 0) is 63.2 Å². The molecule has 1 saturated heterocycles. The van der Waals surface area contributed by atoms with Crippen molar-refractivity contribution in [3.8, 4) is 0 Å². The van der Waals surface area contributed by atoms with Gasteiger partial charge in [0, 0.05) is 27.6 Å². The number of alkyl halides is 1. The van der Waals surface area contributed by atoms with E-state index >= 15 is 4.39 Å². The molecule has 7 heteroatoms. The highest BCUT2D eigenvalue weighted by Crippen LogP contribution is 2.44. The average molecular weight is 399 g/mol. The Morgan fingerprint density at radius 2 is 1.92 bits per heavy atom. The van der Waals surface area contributed by atoms with Gasteiger partial charge in [0.25, 0.3) is 5.91 Å². The van der Waals surface area contributed by atoms with Gasteiger partial charge >= 0.3 is 0 Å². The van der Waals surface area contributed by atoms with Crippen molar-refractivity contribution in [2.24, 2.45) is 5.41 Å². The summed E-state index contributed by atoms with van der Waals surface area (Å²) in [7, 11) is 0. The van der Waals surface area contributed by atoms with Gasteiger partial charge in [0.1, 0.15) is 11.5 Å². The number of furan rings is 1. The molecular formula is C19H21Cl2FN2O2. The number of benzene rings is 1. The molecule has 0 aliphatic carbocycles. The fourth-order valence-corrected chi connectivity index (χ4v) is 3.91. The third-order valence-electron chi connectivity index (χ3n) is 4.87. The van der Waals surface area contributed by atoms with Crippen LogP contribution < -0.4 is 10.6 Å². The molecule has 2 heterocycles. The number of amides is 1. The van der Waals surface area contributed by atoms with E-state index in [9.17, 15) is 4.79 Å². The van der Waals surface area contributed by atoms with Crippen LogP contribution in [0.5, 0.6) is 0 Å². The van der Waals surface area contributed by atoms with Crippen LogP contribution in [0.3, 0.4) is 0 Å². The Labute approximate surface area is 162 Å². The zero-order valence-electron chi connectivity index (χ0n) is 14.5. The zero-order valence-corrected chi connectivity index (χ0v) is 16.0. The number of halogens is 3. The van der Waals surface area contributed by atoms with Crippen molar-refractivity contribution < 1.29 is 13.6 Å². The first-order valence-electron chi connectivity index (χ1n) is 8.55. The van der Waals surface area contributed by atoms with Crippen molar-refractivity contribution in [1.29, 1.82) is 0 Å². The van der Waals surface area contributed by atoms with Gasteiger partial charge in [-0.15, -0.1) is 0 Å². The highest BCUT2D eigenvalue weighted by Gasteiger charge is 2.43. The van der Waals surface area contributed by atoms with Gasteiger partial charge in [-0.25, -0.2) is 4.39 Å². The van der Waals surface area contributed by atoms with Gasteiger partial charge in [0.15, 0.2) is 6.17 Å². The van der Waals surface area contributed by atoms with Gasteiger partial charge in [-0.2, -0.15) is 0 Å². The Kier molecular flexibility index (Phi) is 5.90. The highest BCUT2D eigenvalue weighted by molar-refractivity contribution is 6.35. The molecule has 0 spiro atoms. The Morgan fingerprint density at radius 3 is 2.50 bits per heavy atom. The second-order valence-corrected chi connectivity index (χ2v) is 7.64. The van der Waals surface area contributed by atoms with Gasteiger partial charge in [-0.1, -0.05) is 23.2 Å². The molecule has 0 bridgehead atoms. The van der Waals surface area contributed by atoms with Crippen LogP contribution >= 0.6 is 23.2 Å². The molecule has 1 fully saturated rings. The molecule has 2 aromatic rings. The van der Waals surface area contributed by atoms with Gasteiger partial charge in [0.05, 0.1) is 0 Å². The molecule has 0 radical (unpaired) electrons. The van der Waals surface area contributed by atoms with Gasteiger partial charge < -0.3 is 15.1 Å². The smallest absolute Gasteiger partial charge is 0.251 e. The third kappa shape index (κ3) is 4.22. The molecule has 2 N–H and O–H groups in total. The molecule has 1 atom stereocenters. The van der Waals surface area contributed by atoms with Crippen molar-refractivity contribution in [3.63, 3.8) is 0 Å². The maximum absolute atomic E-state index is 15.4. The fraction of sp³-hybridized carbons (Fsp3) is 0.421. The van der Waals surface area contributed by atoms with E-state index < -0.39 is 11.6 Å². The Hall–Kier alpha value is -1.56. The summed E-state index contributed by atoms with van der Waals surface area (Å²) in [4.78, 5) is 12.5. The number of hydrogen-bond donors (Lipinski definition) is 2. The van der Waals surface area contributed by atoms with Crippen molar-refractivity contribution in [3.05, 3.63) is 57.5 Å². The van der Waals surface area contributed by atoms with Crippen molar-refractivity contribution >= 4 is 29.1 Å². The SMILES string of the molecule is Cc1ccc(C(F)C2(CNC(=O)c3cc(Cl)cc(Cl)c3)CCNCC2)o1. The minimum atomic E-state index is -1.29. The standard InChI is InChI=1S/C19H21Cl2FN2O2/c1-12-2-3-16(26-12)17(22)19(4-6-23-7-5-19)11-24-18(25)13-8-14(20)10-15(21)9-13/h2-3,8-10,17,23H,4-7,11H2,1H3,(H,24,25). The summed E-state index contributed by atoms with van der Waals surface area (Å²) in [6.45, 7) is 3.38. The van der Waals surface area contributed by atoms with Crippen molar-refractivity contribution in [2.75, 3.05) is 19.6 Å². The lowest BCUT2D eigenvalue weighted by molar-refractivity contribution is 0.0476. The summed E-state index contributed by atoms with van der Waals surface area (Å²) in [6.07, 6.45) is -0.0869. The van der Waals surface area contributed by atoms with E-state index in [0.717, 1.165) is 0 Å². The lowest BCUT2D eigenvalue weighted by Gasteiger charge is -2.39. The maximum Gasteiger partial charge on any atom is 0.251 e. The summed E-state index contributed by atoms with van der Waals surface area (Å²) in [5.74, 6) is 0.656. The summed E-state index contributed by atoms with van der Waals surface area (Å²) in [5, 5.41) is 6.86. The molecule has 1 aliphatic heterocycles. The molecule has 1 aromatic heterocycles. The number of aryl methyl sites for hydroxylation is 1. The summed E-state index contributed by atoms with van der Waals surface area (Å²) < 4.78 is 20.9. The lowest BCUT2D eigenvalue weighted by Crippen LogP contribution is -2.47. The summed E-state index contributed by atoms with van der Waals surface area (Å²) in [5.41, 5.74) is -0.357. The number of hydrogen-bond acceptors (Lipinski definition) is 3. The maximum atomic E-state index is 15.4. The van der Waals surface area contributed by atoms with Gasteiger partial charge in [-0.3, -0.25) is 4.79 Å². The summed E-state index contributed by atoms with van der Waals surface area (Å²) >= 11 is 11.9. The number of carbonyl (C=O) groups excluding carboxylic acids is 1. The van der Waals surface area contributed by atoms with Crippen LogP contribution in [0.2, 0.25) is 10.0 Å². The van der Waals surface area contributed by atoms with E-state index in [4.69, 9.17) is 27.6 Å². The molecule has 26 heavy (non-hydrogen) atoms. The minimum Gasteiger partial charge on any atom is -0.463 e. The molecule has 1 aliphatic rings. The monoisotopic (exact) mass is 398 g/mol. The Balaban J connectivity index is 1.77. The fourth-order valence-electron chi connectivity index (χ4n) is 3.38. The highest BCUT2D eigenvalue weighted by atomic mass is 35.5. The van der Waals surface area contributed by atoms with Crippen LogP contribution in [0.1, 0.15) is 40.9 Å². The van der Waals surface area contributed by atoms with E-state index in [-0.39, 0.29) is 12.5 Å². The third-order valence-corrected chi connectivity index (χ3v) is 5.31. The van der Waals surface area contributed by atoms with E-state index in [0.29, 0.717) is 53.1 Å². The Morgan fingerprint density at radius 1 is 1.27 bits per heavy atom. The minimum absolute atomic E-state index is 0.207. The molecule has 140 valence electrons. The number of piperidine rings is 1. The largest absolute Gasteiger partial charge is 0.463 e. The topological polar surface area (TPSA) is 54.3 Å². The molecule has 4 nitrogen and oxygen atoms in total. The predicted octanol–water partition coefficient (Wildman–Crippen LogP) is 4.71. The second kappa shape index (κ2) is 7.99.